The summed E-state index contributed by atoms with van der Waals surface area (Å²) in [5, 5.41) is 8.78. The van der Waals surface area contributed by atoms with E-state index in [0.29, 0.717) is 13.2 Å². The normalized spacial score (nSPS) is 11.2. The molecule has 1 N–H and O–H groups in total. The van der Waals surface area contributed by atoms with E-state index in [1.165, 1.54) is 186 Å². The van der Waals surface area contributed by atoms with Crippen molar-refractivity contribution in [3.63, 3.8) is 0 Å². The fraction of sp³-hybridized carbons (Fsp3) is 0.971. The van der Waals surface area contributed by atoms with Gasteiger partial charge in [0, 0.05) is 6.61 Å². The number of carbonyl (C=O) groups excluding carboxylic acids is 1. The molecule has 0 heterocycles. The Hall–Kier alpha value is -0.660. The van der Waals surface area contributed by atoms with Crippen LogP contribution in [0.25, 0.3) is 0 Å². The molecule has 0 rings (SSSR count). The molecule has 0 aromatic carbocycles. The number of unbranched alkanes of at least 4 members (excludes halogenated alkanes) is 30. The molecule has 3 nitrogen and oxygen atoms in total. The smallest absolute Gasteiger partial charge is 0.234 e. The molecule has 0 atom stereocenters. The molecule has 3 heteroatoms. The predicted octanol–water partition coefficient (Wildman–Crippen LogP) is 11.4. The summed E-state index contributed by atoms with van der Waals surface area (Å²) in [7, 11) is 0. The highest BCUT2D eigenvalue weighted by Gasteiger charge is 1.97. The Labute approximate surface area is 233 Å². The first-order valence-corrected chi connectivity index (χ1v) is 17.1. The van der Waals surface area contributed by atoms with Gasteiger partial charge in [0.2, 0.25) is 6.08 Å². The van der Waals surface area contributed by atoms with Gasteiger partial charge in [-0.15, -0.1) is 0 Å². The molecule has 37 heavy (non-hydrogen) atoms. The number of nitrogens with zero attached hydrogens (tertiary/aromatic N) is 1. The average Bonchev–Trinajstić information content (AvgIpc) is 2.91. The topological polar surface area (TPSA) is 49.7 Å². The molecular weight excluding hydrogens is 454 g/mol. The van der Waals surface area contributed by atoms with Crippen LogP contribution in [0, 0.1) is 0 Å². The Morgan fingerprint density at radius 1 is 0.324 bits per heavy atom. The third-order valence-corrected chi connectivity index (χ3v) is 7.99. The lowest BCUT2D eigenvalue weighted by molar-refractivity contribution is 0.282. The number of rotatable bonds is 33. The fourth-order valence-corrected chi connectivity index (χ4v) is 5.47. The van der Waals surface area contributed by atoms with Crippen LogP contribution in [0.5, 0.6) is 0 Å². The van der Waals surface area contributed by atoms with E-state index >= 15 is 0 Å². The van der Waals surface area contributed by atoms with Crippen LogP contribution in [0.4, 0.5) is 0 Å². The van der Waals surface area contributed by atoms with Gasteiger partial charge in [0.1, 0.15) is 0 Å². The molecule has 0 aliphatic heterocycles. The Morgan fingerprint density at radius 2 is 0.514 bits per heavy atom. The van der Waals surface area contributed by atoms with Gasteiger partial charge < -0.3 is 5.11 Å². The van der Waals surface area contributed by atoms with Crippen molar-refractivity contribution >= 4 is 6.08 Å². The second-order valence-electron chi connectivity index (χ2n) is 11.7. The first-order valence-electron chi connectivity index (χ1n) is 17.1. The summed E-state index contributed by atoms with van der Waals surface area (Å²) in [5.41, 5.74) is 0. The van der Waals surface area contributed by atoms with E-state index in [-0.39, 0.29) is 0 Å². The minimum Gasteiger partial charge on any atom is -0.396 e. The first kappa shape index (κ1) is 36.3. The number of aliphatic imine (C=N–C) groups is 1. The molecule has 0 amide bonds. The van der Waals surface area contributed by atoms with Crippen LogP contribution in [-0.4, -0.2) is 24.3 Å². The van der Waals surface area contributed by atoms with Crippen molar-refractivity contribution in [2.45, 2.75) is 199 Å². The third kappa shape index (κ3) is 35.3. The molecule has 0 fully saturated rings. The quantitative estimate of drug-likeness (QED) is 0.0530. The summed E-state index contributed by atoms with van der Waals surface area (Å²) in [6.45, 7) is 1.03. The lowest BCUT2D eigenvalue weighted by Crippen LogP contribution is -1.85. The zero-order valence-electron chi connectivity index (χ0n) is 25.1. The average molecular weight is 522 g/mol. The van der Waals surface area contributed by atoms with Gasteiger partial charge in [0.25, 0.3) is 0 Å². The molecule has 0 aromatic rings. The number of hydrogen-bond donors (Lipinski definition) is 1. The second kappa shape index (κ2) is 35.3. The highest BCUT2D eigenvalue weighted by Crippen LogP contribution is 2.16. The number of hydrogen-bond acceptors (Lipinski definition) is 3. The highest BCUT2D eigenvalue weighted by molar-refractivity contribution is 5.32. The van der Waals surface area contributed by atoms with Crippen molar-refractivity contribution in [3.05, 3.63) is 0 Å². The van der Waals surface area contributed by atoms with E-state index < -0.39 is 0 Å². The SMILES string of the molecule is O=C=NCCCCCCCCCCCCCCCCCCCCCCCCCCCCCCCCCO. The number of aliphatic hydroxyl groups is 1. The molecule has 220 valence electrons. The van der Waals surface area contributed by atoms with E-state index in [4.69, 9.17) is 5.11 Å². The van der Waals surface area contributed by atoms with Crippen LogP contribution < -0.4 is 0 Å². The molecule has 0 unspecified atom stereocenters. The Morgan fingerprint density at radius 3 is 0.703 bits per heavy atom. The minimum atomic E-state index is 0.369. The van der Waals surface area contributed by atoms with E-state index in [0.717, 1.165) is 12.8 Å². The maximum atomic E-state index is 9.98. The fourth-order valence-electron chi connectivity index (χ4n) is 5.47. The Kier molecular flexibility index (Phi) is 34.7. The van der Waals surface area contributed by atoms with Crippen molar-refractivity contribution in [2.75, 3.05) is 13.2 Å². The standard InChI is InChI=1S/C34H67NO2/c36-33-31-29-27-25-23-21-19-17-15-13-11-9-7-5-3-1-2-4-6-8-10-12-14-16-18-20-22-24-26-28-30-32-35-34-37/h36H,1-33H2. The monoisotopic (exact) mass is 522 g/mol. The molecule has 0 saturated heterocycles. The van der Waals surface area contributed by atoms with Gasteiger partial charge in [-0.1, -0.05) is 186 Å². The summed E-state index contributed by atoms with van der Waals surface area (Å²) < 4.78 is 0. The van der Waals surface area contributed by atoms with Crippen molar-refractivity contribution in [2.24, 2.45) is 4.99 Å². The maximum Gasteiger partial charge on any atom is 0.234 e. The lowest BCUT2D eigenvalue weighted by atomic mass is 10.0. The van der Waals surface area contributed by atoms with Crippen LogP contribution in [0.3, 0.4) is 0 Å². The number of isocyanates is 1. The van der Waals surface area contributed by atoms with Crippen molar-refractivity contribution in [1.82, 2.24) is 0 Å². The third-order valence-electron chi connectivity index (χ3n) is 7.99. The summed E-state index contributed by atoms with van der Waals surface area (Å²) in [5.74, 6) is 0. The summed E-state index contributed by atoms with van der Waals surface area (Å²) in [4.78, 5) is 13.6. The van der Waals surface area contributed by atoms with Crippen molar-refractivity contribution in [3.8, 4) is 0 Å². The molecule has 0 saturated carbocycles. The van der Waals surface area contributed by atoms with E-state index in [9.17, 15) is 4.79 Å². The number of aliphatic hydroxyl groups excluding tert-OH is 1. The van der Waals surface area contributed by atoms with Crippen LogP contribution in [-0.2, 0) is 4.79 Å². The molecule has 0 spiro atoms. The van der Waals surface area contributed by atoms with Gasteiger partial charge in [-0.2, -0.15) is 0 Å². The van der Waals surface area contributed by atoms with Crippen LogP contribution in [0.2, 0.25) is 0 Å². The molecule has 0 aromatic heterocycles. The minimum absolute atomic E-state index is 0.369. The molecule has 0 bridgehead atoms. The van der Waals surface area contributed by atoms with Crippen LogP contribution >= 0.6 is 0 Å². The molecule has 0 aliphatic rings. The predicted molar refractivity (Wildman–Crippen MR) is 163 cm³/mol. The second-order valence-corrected chi connectivity index (χ2v) is 11.7. The van der Waals surface area contributed by atoms with E-state index in [1.807, 2.05) is 0 Å². The Bertz CT molecular complexity index is 447. The van der Waals surface area contributed by atoms with Gasteiger partial charge in [0.05, 0.1) is 6.54 Å². The summed E-state index contributed by atoms with van der Waals surface area (Å²) in [6.07, 6.45) is 44.6. The van der Waals surface area contributed by atoms with Crippen molar-refractivity contribution < 1.29 is 9.90 Å². The largest absolute Gasteiger partial charge is 0.396 e. The van der Waals surface area contributed by atoms with Gasteiger partial charge >= 0.3 is 0 Å². The van der Waals surface area contributed by atoms with Crippen molar-refractivity contribution in [1.29, 1.82) is 0 Å². The summed E-state index contributed by atoms with van der Waals surface area (Å²) in [6, 6.07) is 0. The van der Waals surface area contributed by atoms with E-state index in [1.54, 1.807) is 6.08 Å². The van der Waals surface area contributed by atoms with Crippen LogP contribution in [0.15, 0.2) is 4.99 Å². The molecule has 0 aliphatic carbocycles. The van der Waals surface area contributed by atoms with Gasteiger partial charge in [-0.25, -0.2) is 9.79 Å². The zero-order chi connectivity index (χ0) is 26.7. The van der Waals surface area contributed by atoms with Gasteiger partial charge in [-0.3, -0.25) is 0 Å². The highest BCUT2D eigenvalue weighted by atomic mass is 16.2. The lowest BCUT2D eigenvalue weighted by Gasteiger charge is -2.04. The van der Waals surface area contributed by atoms with E-state index in [2.05, 4.69) is 4.99 Å². The Balaban J connectivity index is 3.02. The van der Waals surface area contributed by atoms with Gasteiger partial charge in [0.15, 0.2) is 0 Å². The first-order chi connectivity index (χ1) is 18.4. The van der Waals surface area contributed by atoms with Gasteiger partial charge in [-0.05, 0) is 12.8 Å². The molecule has 0 radical (unpaired) electrons. The maximum absolute atomic E-state index is 9.98. The van der Waals surface area contributed by atoms with Crippen LogP contribution in [0.1, 0.15) is 199 Å². The summed E-state index contributed by atoms with van der Waals surface area (Å²) >= 11 is 0. The zero-order valence-corrected chi connectivity index (χ0v) is 25.1. The molecular formula is C34H67NO2.